The molecule has 36 nitrogen and oxygen atoms in total. The summed E-state index contributed by atoms with van der Waals surface area (Å²) in [5.41, 5.74) is 0. The van der Waals surface area contributed by atoms with Crippen molar-refractivity contribution in [2.75, 3.05) is 223 Å². The second kappa shape index (κ2) is 66.9. The van der Waals surface area contributed by atoms with Gasteiger partial charge in [0.2, 0.25) is 106 Å². The van der Waals surface area contributed by atoms with E-state index < -0.39 is 0 Å². The topological polar surface area (TPSA) is 383 Å². The minimum atomic E-state index is -0.232. The first-order chi connectivity index (χ1) is 59.1. The van der Waals surface area contributed by atoms with E-state index >= 15 is 0 Å². The highest BCUT2D eigenvalue weighted by molar-refractivity contribution is 5.83. The second-order valence-corrected chi connectivity index (χ2v) is 30.4. The summed E-state index contributed by atoms with van der Waals surface area (Å²) in [4.78, 5) is 265. The minimum absolute atomic E-state index is 0.0893. The number of rotatable bonds is 69. The Morgan fingerprint density at radius 2 is 0.274 bits per heavy atom. The van der Waals surface area contributed by atoms with E-state index in [4.69, 9.17) is 0 Å². The van der Waals surface area contributed by atoms with Crippen LogP contribution in [-0.4, -0.2) is 407 Å². The molecule has 0 fully saturated rings. The van der Waals surface area contributed by atoms with Crippen LogP contribution in [0.1, 0.15) is 240 Å². The summed E-state index contributed by atoms with van der Waals surface area (Å²) in [6.07, 6.45) is 3.84. The van der Waals surface area contributed by atoms with Crippen LogP contribution < -0.4 is 10.6 Å². The van der Waals surface area contributed by atoms with Gasteiger partial charge in [0.1, 0.15) is 0 Å². The summed E-state index contributed by atoms with van der Waals surface area (Å²) in [7, 11) is 0. The van der Waals surface area contributed by atoms with Crippen molar-refractivity contribution in [2.24, 2.45) is 0 Å². The van der Waals surface area contributed by atoms with Gasteiger partial charge >= 0.3 is 0 Å². The van der Waals surface area contributed by atoms with Gasteiger partial charge in [0, 0.05) is 339 Å². The lowest BCUT2D eigenvalue weighted by molar-refractivity contribution is -0.139. The highest BCUT2D eigenvalue weighted by atomic mass is 16.2. The molecule has 0 atom stereocenters. The van der Waals surface area contributed by atoms with Gasteiger partial charge in [-0.25, -0.2) is 0 Å². The Bertz CT molecular complexity index is 3310. The van der Waals surface area contributed by atoms with E-state index in [-0.39, 0.29) is 399 Å². The number of hydrogen-bond donors (Lipinski definition) is 2. The van der Waals surface area contributed by atoms with Crippen LogP contribution in [0.5, 0.6) is 0 Å². The molecule has 0 unspecified atom stereocenters. The van der Waals surface area contributed by atoms with Gasteiger partial charge in [-0.1, -0.05) is 111 Å². The van der Waals surface area contributed by atoms with E-state index in [0.29, 0.717) is 45.4 Å². The van der Waals surface area contributed by atoms with Crippen LogP contribution in [0.3, 0.4) is 0 Å². The van der Waals surface area contributed by atoms with Gasteiger partial charge in [-0.05, 0) is 12.8 Å². The van der Waals surface area contributed by atoms with E-state index in [1.807, 2.05) is 0 Å². The fourth-order valence-electron chi connectivity index (χ4n) is 14.0. The summed E-state index contributed by atoms with van der Waals surface area (Å²) >= 11 is 0. The van der Waals surface area contributed by atoms with E-state index in [9.17, 15) is 86.3 Å². The van der Waals surface area contributed by atoms with Crippen LogP contribution >= 0.6 is 0 Å². The fraction of sp³-hybridized carbons (Fsp3) is 0.795. The zero-order valence-corrected chi connectivity index (χ0v) is 79.3. The molecule has 2 N–H and O–H groups in total. The van der Waals surface area contributed by atoms with Crippen molar-refractivity contribution >= 4 is 106 Å². The zero-order valence-electron chi connectivity index (χ0n) is 79.3. The number of carbonyl (C=O) groups excluding carboxylic acids is 18. The SMILES string of the molecule is CCC(=O)NCCN(CCN(CCN(CCN(CCN(CCN(CCN(CCN(CCN(CCN(CCN(CCN(CCN(CCN(CCN(CCCCN(CCNC(C)=O)C(C)=O)C(=O)CC)C(=O)CC)C(=O)CC)C(=O)CC)C(=O)CC)C(=O)CC)C(=O)CC)C(=O)CC)C(=O)CC)C(=O)CC)C(=O)CC)C(=O)CC)C(=O)CC)C(=O)CC)C(=O)CC. The molecule has 36 heteroatoms. The van der Waals surface area contributed by atoms with Crippen molar-refractivity contribution in [3.05, 3.63) is 0 Å². The number of amides is 18. The summed E-state index contributed by atoms with van der Waals surface area (Å²) in [5, 5.41) is 5.49. The summed E-state index contributed by atoms with van der Waals surface area (Å²) in [6, 6.07) is 0. The average Bonchev–Trinajstić information content (AvgIpc) is 0.891. The molecule has 124 heavy (non-hydrogen) atoms. The standard InChI is InChI=1S/C88H160N18O18/c1-19-73(109)90-38-42-93(75(111)21-3)44-46-95(77(113)23-5)48-50-97(79(115)25-7)52-54-99(81(117)27-9)56-58-101(83(119)29-11)60-62-103(85(121)31-13)64-66-105(87(123)33-15)68-70-106(88(124)34-16)69-67-104(86(122)32-14)65-63-102(84(120)30-12)61-59-100(82(118)28-10)57-55-98(80(116)26-8)53-51-96(78(114)24-6)49-47-94(76(112)22-4)45-43-92(74(110)20-2)40-36-35-39-91(72(18)108)41-37-89-71(17)107/h19-70H2,1-18H3,(H,89,107)(H,90,109). The predicted octanol–water partition coefficient (Wildman–Crippen LogP) is 3.86. The second-order valence-electron chi connectivity index (χ2n) is 30.4. The molecule has 0 rings (SSSR count). The van der Waals surface area contributed by atoms with Crippen LogP contribution in [0.25, 0.3) is 0 Å². The molecule has 0 spiro atoms. The minimum Gasteiger partial charge on any atom is -0.355 e. The van der Waals surface area contributed by atoms with Crippen molar-refractivity contribution < 1.29 is 86.3 Å². The highest BCUT2D eigenvalue weighted by Gasteiger charge is 2.29. The molecular formula is C88H160N18O18. The maximum atomic E-state index is 13.8. The van der Waals surface area contributed by atoms with Crippen LogP contribution in [0, 0.1) is 0 Å². The van der Waals surface area contributed by atoms with Crippen LogP contribution in [-0.2, 0) is 86.3 Å². The number of hydrogen-bond acceptors (Lipinski definition) is 18. The molecule has 0 saturated heterocycles. The fourth-order valence-corrected chi connectivity index (χ4v) is 14.0. The molecule has 0 aromatic carbocycles. The van der Waals surface area contributed by atoms with Crippen LogP contribution in [0.15, 0.2) is 0 Å². The molecule has 0 aromatic heterocycles. The lowest BCUT2D eigenvalue weighted by atomic mass is 10.2. The molecule has 0 aromatic rings. The van der Waals surface area contributed by atoms with Crippen molar-refractivity contribution in [3.63, 3.8) is 0 Å². The molecule has 0 radical (unpaired) electrons. The summed E-state index contributed by atoms with van der Waals surface area (Å²) in [6.45, 7) is 36.2. The Hall–Kier alpha value is -9.54. The average molecular weight is 1760 g/mol. The van der Waals surface area contributed by atoms with Crippen molar-refractivity contribution in [3.8, 4) is 0 Å². The first-order valence-corrected chi connectivity index (χ1v) is 46.0. The Morgan fingerprint density at radius 1 is 0.153 bits per heavy atom. The molecule has 0 aliphatic rings. The number of nitrogens with zero attached hydrogens (tertiary/aromatic N) is 16. The molecule has 0 saturated carbocycles. The Labute approximate surface area is 741 Å². The Kier molecular flexibility index (Phi) is 61.7. The molecule has 0 aliphatic carbocycles. The number of carbonyl (C=O) groups is 18. The van der Waals surface area contributed by atoms with Crippen molar-refractivity contribution in [1.29, 1.82) is 0 Å². The van der Waals surface area contributed by atoms with Gasteiger partial charge in [-0.2, -0.15) is 0 Å². The van der Waals surface area contributed by atoms with Crippen molar-refractivity contribution in [2.45, 2.75) is 240 Å². The maximum absolute atomic E-state index is 13.8. The van der Waals surface area contributed by atoms with Gasteiger partial charge in [0.25, 0.3) is 0 Å². The summed E-state index contributed by atoms with van der Waals surface area (Å²) in [5.74, 6) is -3.39. The molecule has 18 amide bonds. The van der Waals surface area contributed by atoms with Gasteiger partial charge < -0.3 is 89.0 Å². The third-order valence-electron chi connectivity index (χ3n) is 22.1. The lowest BCUT2D eigenvalue weighted by Gasteiger charge is -2.34. The van der Waals surface area contributed by atoms with E-state index in [2.05, 4.69) is 10.6 Å². The number of nitrogens with one attached hydrogen (secondary N) is 2. The molecule has 0 aliphatic heterocycles. The molecule has 0 bridgehead atoms. The van der Waals surface area contributed by atoms with E-state index in [1.54, 1.807) is 189 Å². The first kappa shape index (κ1) is 114. The van der Waals surface area contributed by atoms with Gasteiger partial charge in [0.05, 0.1) is 0 Å². The Balaban J connectivity index is 6.46. The molecular weight excluding hydrogens is 1600 g/mol. The third-order valence-corrected chi connectivity index (χ3v) is 22.1. The molecule has 710 valence electrons. The van der Waals surface area contributed by atoms with Gasteiger partial charge in [0.15, 0.2) is 0 Å². The van der Waals surface area contributed by atoms with Gasteiger partial charge in [-0.3, -0.25) is 86.3 Å². The van der Waals surface area contributed by atoms with E-state index in [0.717, 1.165) is 0 Å². The van der Waals surface area contributed by atoms with Crippen LogP contribution in [0.4, 0.5) is 0 Å². The normalized spacial score (nSPS) is 10.8. The predicted molar refractivity (Wildman–Crippen MR) is 477 cm³/mol. The molecule has 0 heterocycles. The third kappa shape index (κ3) is 45.4. The maximum Gasteiger partial charge on any atom is 0.222 e. The van der Waals surface area contributed by atoms with Crippen LogP contribution in [0.2, 0.25) is 0 Å². The summed E-state index contributed by atoms with van der Waals surface area (Å²) < 4.78 is 0. The highest BCUT2D eigenvalue weighted by Crippen LogP contribution is 2.13. The smallest absolute Gasteiger partial charge is 0.222 e. The largest absolute Gasteiger partial charge is 0.355 e. The lowest BCUT2D eigenvalue weighted by Crippen LogP contribution is -2.50. The number of unbranched alkanes of at least 4 members (excludes halogenated alkanes) is 1. The van der Waals surface area contributed by atoms with Crippen molar-refractivity contribution in [1.82, 2.24) is 89.0 Å². The van der Waals surface area contributed by atoms with E-state index in [1.165, 1.54) is 13.8 Å². The Morgan fingerprint density at radius 3 is 0.403 bits per heavy atom. The quantitative estimate of drug-likeness (QED) is 0.0816. The zero-order chi connectivity index (χ0) is 93.8. The van der Waals surface area contributed by atoms with Gasteiger partial charge in [-0.15, -0.1) is 0 Å². The first-order valence-electron chi connectivity index (χ1n) is 46.0. The monoisotopic (exact) mass is 1760 g/mol.